The maximum atomic E-state index is 4.94. The molecule has 0 radical (unpaired) electrons. The van der Waals surface area contributed by atoms with Gasteiger partial charge >= 0.3 is 0 Å². The van der Waals surface area contributed by atoms with Crippen molar-refractivity contribution in [2.24, 2.45) is 0 Å². The molecule has 0 nitrogen and oxygen atoms in total. The average molecular weight is 234 g/mol. The van der Waals surface area contributed by atoms with Crippen LogP contribution >= 0.6 is 12.2 Å². The van der Waals surface area contributed by atoms with Crippen molar-refractivity contribution in [1.82, 2.24) is 0 Å². The maximum absolute atomic E-state index is 4.94. The van der Waals surface area contributed by atoms with Gasteiger partial charge in [-0.1, -0.05) is 75.5 Å². The minimum Gasteiger partial charge on any atom is -0.0881 e. The Morgan fingerprint density at radius 2 is 1.81 bits per heavy atom. The second-order valence-electron chi connectivity index (χ2n) is 4.38. The highest BCUT2D eigenvalue weighted by molar-refractivity contribution is 7.79. The van der Waals surface area contributed by atoms with Crippen molar-refractivity contribution in [3.8, 4) is 0 Å². The van der Waals surface area contributed by atoms with E-state index in [4.69, 9.17) is 12.2 Å². The third-order valence-electron chi connectivity index (χ3n) is 2.91. The van der Waals surface area contributed by atoms with Crippen LogP contribution in [0.1, 0.15) is 56.6 Å². The summed E-state index contributed by atoms with van der Waals surface area (Å²) in [6.07, 6.45) is 9.38. The lowest BCUT2D eigenvalue weighted by molar-refractivity contribution is 0.607. The van der Waals surface area contributed by atoms with Gasteiger partial charge < -0.3 is 0 Å². The summed E-state index contributed by atoms with van der Waals surface area (Å²) in [7, 11) is 0. The number of thiocarbonyl (C=S) groups is 1. The summed E-state index contributed by atoms with van der Waals surface area (Å²) in [4.78, 5) is 0. The molecule has 0 amide bonds. The van der Waals surface area contributed by atoms with Gasteiger partial charge in [-0.3, -0.25) is 0 Å². The monoisotopic (exact) mass is 234 g/mol. The summed E-state index contributed by atoms with van der Waals surface area (Å²) in [6, 6.07) is 8.58. The van der Waals surface area contributed by atoms with Crippen molar-refractivity contribution < 1.29 is 0 Å². The SMILES string of the molecule is CCCCCCCCc1cccc(C=S)c1. The molecule has 1 heteroatoms. The van der Waals surface area contributed by atoms with E-state index in [0.717, 1.165) is 0 Å². The van der Waals surface area contributed by atoms with Gasteiger partial charge in [0.05, 0.1) is 0 Å². The first-order valence-electron chi connectivity index (χ1n) is 6.41. The fraction of sp³-hybridized carbons (Fsp3) is 0.533. The number of hydrogen-bond acceptors (Lipinski definition) is 1. The van der Waals surface area contributed by atoms with Gasteiger partial charge in [-0.05, 0) is 24.0 Å². The Bertz CT molecular complexity index is 304. The van der Waals surface area contributed by atoms with Crippen molar-refractivity contribution in [3.63, 3.8) is 0 Å². The van der Waals surface area contributed by atoms with E-state index in [1.54, 1.807) is 5.37 Å². The molecule has 16 heavy (non-hydrogen) atoms. The predicted molar refractivity (Wildman–Crippen MR) is 76.3 cm³/mol. The molecule has 0 aliphatic heterocycles. The van der Waals surface area contributed by atoms with Gasteiger partial charge in [0, 0.05) is 5.37 Å². The van der Waals surface area contributed by atoms with E-state index in [1.807, 2.05) is 0 Å². The molecule has 0 saturated carbocycles. The van der Waals surface area contributed by atoms with E-state index in [1.165, 1.54) is 56.1 Å². The van der Waals surface area contributed by atoms with Crippen LogP contribution in [0.25, 0.3) is 0 Å². The van der Waals surface area contributed by atoms with Crippen LogP contribution in [0.5, 0.6) is 0 Å². The van der Waals surface area contributed by atoms with Gasteiger partial charge in [0.1, 0.15) is 0 Å². The van der Waals surface area contributed by atoms with Gasteiger partial charge in [0.15, 0.2) is 0 Å². The smallest absolute Gasteiger partial charge is 0.00862 e. The Kier molecular flexibility index (Phi) is 7.07. The zero-order chi connectivity index (χ0) is 11.6. The third kappa shape index (κ3) is 5.41. The van der Waals surface area contributed by atoms with Crippen LogP contribution in [0.2, 0.25) is 0 Å². The largest absolute Gasteiger partial charge is 0.0881 e. The van der Waals surface area contributed by atoms with Crippen molar-refractivity contribution in [2.45, 2.75) is 51.9 Å². The molecule has 0 saturated heterocycles. The lowest BCUT2D eigenvalue weighted by Crippen LogP contribution is -1.88. The normalized spacial score (nSPS) is 10.3. The van der Waals surface area contributed by atoms with Crippen molar-refractivity contribution in [1.29, 1.82) is 0 Å². The second kappa shape index (κ2) is 8.46. The van der Waals surface area contributed by atoms with E-state index >= 15 is 0 Å². The molecule has 1 aromatic rings. The van der Waals surface area contributed by atoms with E-state index in [2.05, 4.69) is 31.2 Å². The van der Waals surface area contributed by atoms with Gasteiger partial charge in [-0.25, -0.2) is 0 Å². The number of aryl methyl sites for hydroxylation is 1. The first-order valence-corrected chi connectivity index (χ1v) is 6.88. The molecule has 0 unspecified atom stereocenters. The third-order valence-corrected chi connectivity index (χ3v) is 3.18. The molecule has 0 fully saturated rings. The average Bonchev–Trinajstić information content (AvgIpc) is 2.34. The van der Waals surface area contributed by atoms with Crippen molar-refractivity contribution in [3.05, 3.63) is 35.4 Å². The van der Waals surface area contributed by atoms with Crippen LogP contribution in [0, 0.1) is 0 Å². The number of rotatable bonds is 8. The molecule has 0 N–H and O–H groups in total. The quantitative estimate of drug-likeness (QED) is 0.453. The molecule has 1 aromatic carbocycles. The zero-order valence-electron chi connectivity index (χ0n) is 10.2. The van der Waals surface area contributed by atoms with Crippen molar-refractivity contribution >= 4 is 17.6 Å². The Balaban J connectivity index is 2.18. The zero-order valence-corrected chi connectivity index (χ0v) is 11.1. The highest BCUT2D eigenvalue weighted by atomic mass is 32.1. The highest BCUT2D eigenvalue weighted by Crippen LogP contribution is 2.10. The summed E-state index contributed by atoms with van der Waals surface area (Å²) in [5.74, 6) is 0. The first-order chi connectivity index (χ1) is 7.86. The molecule has 1 rings (SSSR count). The maximum Gasteiger partial charge on any atom is 0.00862 e. The van der Waals surface area contributed by atoms with Gasteiger partial charge in [-0.15, -0.1) is 0 Å². The van der Waals surface area contributed by atoms with E-state index in [9.17, 15) is 0 Å². The summed E-state index contributed by atoms with van der Waals surface area (Å²) in [5.41, 5.74) is 2.59. The summed E-state index contributed by atoms with van der Waals surface area (Å²) in [5, 5.41) is 1.75. The van der Waals surface area contributed by atoms with Gasteiger partial charge in [0.2, 0.25) is 0 Å². The minimum absolute atomic E-state index is 1.17. The molecule has 0 atom stereocenters. The number of benzene rings is 1. The lowest BCUT2D eigenvalue weighted by Gasteiger charge is -2.02. The van der Waals surface area contributed by atoms with Gasteiger partial charge in [0.25, 0.3) is 0 Å². The summed E-state index contributed by atoms with van der Waals surface area (Å²) in [6.45, 7) is 2.26. The molecule has 0 aromatic heterocycles. The second-order valence-corrected chi connectivity index (χ2v) is 4.62. The Labute approximate surface area is 105 Å². The van der Waals surface area contributed by atoms with Crippen LogP contribution in [-0.4, -0.2) is 5.37 Å². The fourth-order valence-electron chi connectivity index (χ4n) is 1.93. The Morgan fingerprint density at radius 3 is 2.56 bits per heavy atom. The molecule has 0 heterocycles. The molecule has 0 bridgehead atoms. The van der Waals surface area contributed by atoms with E-state index in [-0.39, 0.29) is 0 Å². The number of hydrogen-bond donors (Lipinski definition) is 0. The summed E-state index contributed by atoms with van der Waals surface area (Å²) >= 11 is 4.94. The van der Waals surface area contributed by atoms with Crippen LogP contribution in [-0.2, 0) is 6.42 Å². The standard InChI is InChI=1S/C15H22S/c1-2-3-4-5-6-7-9-14-10-8-11-15(12-14)13-16/h8,10-13H,2-7,9H2,1H3. The first kappa shape index (κ1) is 13.4. The molecule has 0 aliphatic rings. The van der Waals surface area contributed by atoms with Crippen LogP contribution < -0.4 is 0 Å². The molecule has 0 aliphatic carbocycles. The molecular formula is C15H22S. The molecular weight excluding hydrogens is 212 g/mol. The van der Waals surface area contributed by atoms with E-state index < -0.39 is 0 Å². The van der Waals surface area contributed by atoms with Crippen molar-refractivity contribution in [2.75, 3.05) is 0 Å². The molecule has 0 spiro atoms. The lowest BCUT2D eigenvalue weighted by atomic mass is 10.0. The minimum atomic E-state index is 1.17. The van der Waals surface area contributed by atoms with Crippen LogP contribution in [0.15, 0.2) is 24.3 Å². The number of unbranched alkanes of at least 4 members (excludes halogenated alkanes) is 5. The predicted octanol–water partition coefficient (Wildman–Crippen LogP) is 4.94. The van der Waals surface area contributed by atoms with E-state index in [0.29, 0.717) is 0 Å². The van der Waals surface area contributed by atoms with Crippen LogP contribution in [0.3, 0.4) is 0 Å². The van der Waals surface area contributed by atoms with Gasteiger partial charge in [-0.2, -0.15) is 0 Å². The summed E-state index contributed by atoms with van der Waals surface area (Å²) < 4.78 is 0. The fourth-order valence-corrected chi connectivity index (χ4v) is 2.08. The molecule has 88 valence electrons. The van der Waals surface area contributed by atoms with Crippen LogP contribution in [0.4, 0.5) is 0 Å². The topological polar surface area (TPSA) is 0 Å². The Hall–Kier alpha value is -0.690. The Morgan fingerprint density at radius 1 is 1.06 bits per heavy atom. The highest BCUT2D eigenvalue weighted by Gasteiger charge is 1.95.